The molecule has 2 aromatic heterocycles. The molecule has 2 heterocycles. The molecule has 0 aliphatic heterocycles. The minimum Gasteiger partial charge on any atom is -0.481 e. The Morgan fingerprint density at radius 2 is 2.33 bits per heavy atom. The van der Waals surface area contributed by atoms with Crippen LogP contribution in [0.25, 0.3) is 0 Å². The number of aliphatic hydroxyl groups is 1. The first-order valence-electron chi connectivity index (χ1n) is 4.96. The summed E-state index contributed by atoms with van der Waals surface area (Å²) in [5, 5.41) is 28.7. The Morgan fingerprint density at radius 1 is 1.50 bits per heavy atom. The van der Waals surface area contributed by atoms with Gasteiger partial charge in [0.05, 0.1) is 12.3 Å². The summed E-state index contributed by atoms with van der Waals surface area (Å²) >= 11 is 2.55. The van der Waals surface area contributed by atoms with Crippen molar-refractivity contribution in [2.24, 2.45) is 0 Å². The van der Waals surface area contributed by atoms with E-state index in [0.29, 0.717) is 17.5 Å². The van der Waals surface area contributed by atoms with Crippen LogP contribution in [0.5, 0.6) is 0 Å². The van der Waals surface area contributed by atoms with Crippen molar-refractivity contribution in [1.82, 2.24) is 19.7 Å². The van der Waals surface area contributed by atoms with E-state index in [1.54, 1.807) is 10.8 Å². The number of carbonyl (C=O) groups is 1. The second-order valence-electron chi connectivity index (χ2n) is 3.25. The summed E-state index contributed by atoms with van der Waals surface area (Å²) in [6.45, 7) is 0.189. The van der Waals surface area contributed by atoms with Crippen LogP contribution >= 0.6 is 23.1 Å². The first kappa shape index (κ1) is 13.0. The van der Waals surface area contributed by atoms with Gasteiger partial charge in [-0.05, 0) is 0 Å². The van der Waals surface area contributed by atoms with E-state index in [4.69, 9.17) is 5.11 Å². The smallest absolute Gasteiger partial charge is 0.313 e. The van der Waals surface area contributed by atoms with E-state index in [1.807, 2.05) is 5.38 Å². The first-order valence-corrected chi connectivity index (χ1v) is 6.83. The van der Waals surface area contributed by atoms with Crippen molar-refractivity contribution in [2.45, 2.75) is 18.3 Å². The third-order valence-electron chi connectivity index (χ3n) is 2.04. The molecule has 0 spiro atoms. The molecule has 0 aliphatic carbocycles. The summed E-state index contributed by atoms with van der Waals surface area (Å²) in [6.07, 6.45) is 1.69. The Hall–Kier alpha value is -1.45. The van der Waals surface area contributed by atoms with Gasteiger partial charge in [-0.15, -0.1) is 21.5 Å². The molecule has 18 heavy (non-hydrogen) atoms. The number of aliphatic hydroxyl groups excluding tert-OH is 1. The van der Waals surface area contributed by atoms with Gasteiger partial charge < -0.3 is 10.2 Å². The maximum Gasteiger partial charge on any atom is 0.313 e. The molecule has 0 aromatic carbocycles. The van der Waals surface area contributed by atoms with Gasteiger partial charge in [-0.2, -0.15) is 0 Å². The standard InChI is InChI=1S/C9H10N4O3S2/c14-4-6-11-12-9(18-5-8(15)16)13(6)3-7-10-1-2-17-7/h1-2,14H,3-5H2,(H,15,16). The molecule has 0 amide bonds. The van der Waals surface area contributed by atoms with Gasteiger partial charge in [-0.25, -0.2) is 4.98 Å². The van der Waals surface area contributed by atoms with Crippen LogP contribution in [0, 0.1) is 0 Å². The SMILES string of the molecule is O=C(O)CSc1nnc(CO)n1Cc1nccs1. The largest absolute Gasteiger partial charge is 0.481 e. The zero-order chi connectivity index (χ0) is 13.0. The van der Waals surface area contributed by atoms with Gasteiger partial charge in [0.2, 0.25) is 0 Å². The Morgan fingerprint density at radius 3 is 2.94 bits per heavy atom. The topological polar surface area (TPSA) is 101 Å². The van der Waals surface area contributed by atoms with Crippen LogP contribution in [0.15, 0.2) is 16.7 Å². The number of thioether (sulfide) groups is 1. The van der Waals surface area contributed by atoms with E-state index in [1.165, 1.54) is 11.3 Å². The predicted octanol–water partition coefficient (Wildman–Crippen LogP) is 0.452. The zero-order valence-corrected chi connectivity index (χ0v) is 10.8. The van der Waals surface area contributed by atoms with Gasteiger partial charge in [0.1, 0.15) is 11.6 Å². The van der Waals surface area contributed by atoms with Crippen LogP contribution in [0.4, 0.5) is 0 Å². The average molecular weight is 286 g/mol. The molecule has 0 radical (unpaired) electrons. The van der Waals surface area contributed by atoms with Crippen molar-refractivity contribution in [3.05, 3.63) is 22.4 Å². The number of rotatable bonds is 6. The highest BCUT2D eigenvalue weighted by Gasteiger charge is 2.14. The molecule has 2 N–H and O–H groups in total. The lowest BCUT2D eigenvalue weighted by molar-refractivity contribution is -0.133. The lowest BCUT2D eigenvalue weighted by atomic mass is 10.6. The van der Waals surface area contributed by atoms with E-state index in [0.717, 1.165) is 16.8 Å². The molecule has 2 rings (SSSR count). The highest BCUT2D eigenvalue weighted by Crippen LogP contribution is 2.19. The van der Waals surface area contributed by atoms with E-state index in [9.17, 15) is 9.90 Å². The van der Waals surface area contributed by atoms with E-state index >= 15 is 0 Å². The van der Waals surface area contributed by atoms with Crippen molar-refractivity contribution in [3.63, 3.8) is 0 Å². The van der Waals surface area contributed by atoms with Gasteiger partial charge in [0.15, 0.2) is 11.0 Å². The van der Waals surface area contributed by atoms with E-state index in [2.05, 4.69) is 15.2 Å². The quantitative estimate of drug-likeness (QED) is 0.743. The Kier molecular flexibility index (Phi) is 4.28. The minimum absolute atomic E-state index is 0.0958. The molecule has 0 unspecified atom stereocenters. The molecule has 0 fully saturated rings. The number of nitrogens with zero attached hydrogens (tertiary/aromatic N) is 4. The van der Waals surface area contributed by atoms with Crippen LogP contribution in [0.2, 0.25) is 0 Å². The number of aromatic nitrogens is 4. The molecule has 0 saturated carbocycles. The Labute approximate surface area is 111 Å². The molecule has 2 aromatic rings. The maximum absolute atomic E-state index is 10.5. The zero-order valence-electron chi connectivity index (χ0n) is 9.18. The fourth-order valence-corrected chi connectivity index (χ4v) is 2.58. The molecule has 9 heteroatoms. The van der Waals surface area contributed by atoms with Gasteiger partial charge in [0.25, 0.3) is 0 Å². The van der Waals surface area contributed by atoms with Crippen LogP contribution in [0.3, 0.4) is 0 Å². The van der Waals surface area contributed by atoms with Gasteiger partial charge in [-0.1, -0.05) is 11.8 Å². The number of carboxylic acid groups (broad SMARTS) is 1. The molecule has 96 valence electrons. The van der Waals surface area contributed by atoms with E-state index < -0.39 is 5.97 Å². The summed E-state index contributed by atoms with van der Waals surface area (Å²) in [7, 11) is 0. The molecule has 0 atom stereocenters. The highest BCUT2D eigenvalue weighted by atomic mass is 32.2. The number of hydrogen-bond donors (Lipinski definition) is 2. The van der Waals surface area contributed by atoms with Gasteiger partial charge in [-0.3, -0.25) is 9.36 Å². The van der Waals surface area contributed by atoms with Gasteiger partial charge in [0, 0.05) is 11.6 Å². The summed E-state index contributed by atoms with van der Waals surface area (Å²) < 4.78 is 1.67. The number of hydrogen-bond acceptors (Lipinski definition) is 7. The van der Waals surface area contributed by atoms with Gasteiger partial charge >= 0.3 is 5.97 Å². The second-order valence-corrected chi connectivity index (χ2v) is 5.17. The predicted molar refractivity (Wildman–Crippen MR) is 65.5 cm³/mol. The van der Waals surface area contributed by atoms with Crippen molar-refractivity contribution >= 4 is 29.1 Å². The number of carboxylic acids is 1. The van der Waals surface area contributed by atoms with Crippen LogP contribution in [-0.2, 0) is 17.9 Å². The lowest BCUT2D eigenvalue weighted by Gasteiger charge is -2.05. The van der Waals surface area contributed by atoms with Crippen molar-refractivity contribution < 1.29 is 15.0 Å². The van der Waals surface area contributed by atoms with Crippen LogP contribution < -0.4 is 0 Å². The molecule has 0 aliphatic rings. The summed E-state index contributed by atoms with van der Waals surface area (Å²) in [5.74, 6) is -0.617. The maximum atomic E-state index is 10.5. The first-order chi connectivity index (χ1) is 8.70. The Balaban J connectivity index is 2.19. The summed E-state index contributed by atoms with van der Waals surface area (Å²) in [5.41, 5.74) is 0. The molecule has 7 nitrogen and oxygen atoms in total. The van der Waals surface area contributed by atoms with E-state index in [-0.39, 0.29) is 12.4 Å². The monoisotopic (exact) mass is 286 g/mol. The third-order valence-corrected chi connectivity index (χ3v) is 3.75. The minimum atomic E-state index is -0.922. The molecule has 0 bridgehead atoms. The lowest BCUT2D eigenvalue weighted by Crippen LogP contribution is -2.07. The summed E-state index contributed by atoms with van der Waals surface area (Å²) in [4.78, 5) is 14.7. The Bertz CT molecular complexity index is 526. The third kappa shape index (κ3) is 3.06. The van der Waals surface area contributed by atoms with Crippen molar-refractivity contribution in [2.75, 3.05) is 5.75 Å². The number of aliphatic carboxylic acids is 1. The van der Waals surface area contributed by atoms with Crippen LogP contribution in [-0.4, -0.2) is 41.7 Å². The van der Waals surface area contributed by atoms with Crippen molar-refractivity contribution in [1.29, 1.82) is 0 Å². The molecule has 0 saturated heterocycles. The number of thiazole rings is 1. The average Bonchev–Trinajstić information content (AvgIpc) is 2.97. The fraction of sp³-hybridized carbons (Fsp3) is 0.333. The van der Waals surface area contributed by atoms with Crippen LogP contribution in [0.1, 0.15) is 10.8 Å². The highest BCUT2D eigenvalue weighted by molar-refractivity contribution is 7.99. The van der Waals surface area contributed by atoms with Crippen molar-refractivity contribution in [3.8, 4) is 0 Å². The molecular formula is C9H10N4O3S2. The molecular weight excluding hydrogens is 276 g/mol. The fourth-order valence-electron chi connectivity index (χ4n) is 1.29. The normalized spacial score (nSPS) is 10.7. The summed E-state index contributed by atoms with van der Waals surface area (Å²) in [6, 6.07) is 0. The second kappa shape index (κ2) is 5.94.